The summed E-state index contributed by atoms with van der Waals surface area (Å²) in [6.07, 6.45) is -1.13. The number of aryl methyl sites for hydroxylation is 2. The number of alkyl halides is 4. The van der Waals surface area contributed by atoms with Crippen LogP contribution in [-0.4, -0.2) is 32.1 Å². The van der Waals surface area contributed by atoms with E-state index < -0.39 is 40.8 Å². The maximum absolute atomic E-state index is 14.7. The largest absolute Gasteiger partial charge is 0.417 e. The summed E-state index contributed by atoms with van der Waals surface area (Å²) in [4.78, 5) is 32.4. The number of hydrogen-bond acceptors (Lipinski definition) is 3. The molecule has 0 spiro atoms. The van der Waals surface area contributed by atoms with E-state index >= 15 is 0 Å². The number of amides is 1. The molecular formula is C29H20ClF5N4O2. The molecule has 210 valence electrons. The predicted molar refractivity (Wildman–Crippen MR) is 146 cm³/mol. The van der Waals surface area contributed by atoms with Crippen molar-refractivity contribution < 1.29 is 31.5 Å². The quantitative estimate of drug-likeness (QED) is 0.0949. The number of nitrogens with zero attached hydrogens (tertiary/aromatic N) is 2. The molecule has 5 rings (SSSR count). The Morgan fingerprint density at radius 2 is 1.80 bits per heavy atom. The van der Waals surface area contributed by atoms with Crippen LogP contribution in [0.25, 0.3) is 33.1 Å². The monoisotopic (exact) mass is 586 g/mol. The molecule has 1 amide bonds. The van der Waals surface area contributed by atoms with Gasteiger partial charge in [0.05, 0.1) is 22.1 Å². The van der Waals surface area contributed by atoms with Crippen LogP contribution in [0.4, 0.5) is 27.6 Å². The zero-order valence-electron chi connectivity index (χ0n) is 21.5. The van der Waals surface area contributed by atoms with Crippen molar-refractivity contribution >= 4 is 50.9 Å². The van der Waals surface area contributed by atoms with Crippen LogP contribution in [0.15, 0.2) is 60.8 Å². The van der Waals surface area contributed by atoms with Crippen LogP contribution in [-0.2, 0) is 18.0 Å². The highest BCUT2D eigenvalue weighted by atomic mass is 35.5. The van der Waals surface area contributed by atoms with Crippen LogP contribution in [0, 0.1) is 18.6 Å². The van der Waals surface area contributed by atoms with Gasteiger partial charge in [0, 0.05) is 47.3 Å². The molecule has 0 saturated heterocycles. The molecule has 0 bridgehead atoms. The van der Waals surface area contributed by atoms with Crippen LogP contribution in [0.3, 0.4) is 0 Å². The third-order valence-corrected chi connectivity index (χ3v) is 6.89. The maximum Gasteiger partial charge on any atom is 0.417 e. The van der Waals surface area contributed by atoms with E-state index in [1.807, 2.05) is 0 Å². The average molecular weight is 587 g/mol. The standard InChI is InChI=1S/C29H20ClF5N4O2/c1-14-37-23-11-18(20(29(33,34)35)12-24(23)39(14)2)16-5-3-6-17-19(13-36-26(16)17)28(41)15-9-21(31)27(22(32)10-15)38-25(40)7-4-8-30/h3-7,9-13,36H,8H2,1-2H3,(H,38,40)/b7-4+. The number of aromatic nitrogens is 3. The fraction of sp³-hybridized carbons (Fsp3) is 0.138. The van der Waals surface area contributed by atoms with Crippen molar-refractivity contribution in [3.05, 3.63) is 95.0 Å². The Morgan fingerprint density at radius 1 is 1.10 bits per heavy atom. The second kappa shape index (κ2) is 10.5. The molecule has 0 unspecified atom stereocenters. The van der Waals surface area contributed by atoms with Gasteiger partial charge in [-0.2, -0.15) is 13.2 Å². The minimum atomic E-state index is -4.69. The van der Waals surface area contributed by atoms with Gasteiger partial charge in [-0.05, 0) is 36.8 Å². The Bertz CT molecular complexity index is 1870. The number of carbonyl (C=O) groups is 2. The molecule has 2 heterocycles. The average Bonchev–Trinajstić information content (AvgIpc) is 3.48. The van der Waals surface area contributed by atoms with Crippen molar-refractivity contribution in [2.45, 2.75) is 13.1 Å². The van der Waals surface area contributed by atoms with Crippen LogP contribution in [0.1, 0.15) is 27.3 Å². The molecule has 0 saturated carbocycles. The third-order valence-electron chi connectivity index (χ3n) is 6.71. The van der Waals surface area contributed by atoms with E-state index in [1.54, 1.807) is 18.5 Å². The minimum absolute atomic E-state index is 0.00852. The van der Waals surface area contributed by atoms with Gasteiger partial charge in [0.15, 0.2) is 5.78 Å². The maximum atomic E-state index is 14.7. The number of hydrogen-bond donors (Lipinski definition) is 2. The molecule has 0 aliphatic heterocycles. The number of imidazole rings is 1. The number of rotatable bonds is 6. The topological polar surface area (TPSA) is 79.8 Å². The van der Waals surface area contributed by atoms with Gasteiger partial charge < -0.3 is 14.9 Å². The Balaban J connectivity index is 1.59. The summed E-state index contributed by atoms with van der Waals surface area (Å²) >= 11 is 5.45. The van der Waals surface area contributed by atoms with E-state index in [2.05, 4.69) is 15.3 Å². The number of halogens is 6. The summed E-state index contributed by atoms with van der Waals surface area (Å²) in [6.45, 7) is 1.68. The number of ketones is 1. The molecule has 0 aliphatic rings. The number of benzene rings is 3. The number of fused-ring (bicyclic) bond motifs is 2. The number of nitrogens with one attached hydrogen (secondary N) is 2. The normalized spacial score (nSPS) is 12.1. The number of para-hydroxylation sites is 1. The zero-order chi connectivity index (χ0) is 29.6. The first kappa shape index (κ1) is 28.0. The number of anilines is 1. The molecule has 12 heteroatoms. The Hall–Kier alpha value is -4.51. The molecule has 0 aliphatic carbocycles. The van der Waals surface area contributed by atoms with Gasteiger partial charge >= 0.3 is 6.18 Å². The van der Waals surface area contributed by atoms with Crippen molar-refractivity contribution in [2.24, 2.45) is 7.05 Å². The highest BCUT2D eigenvalue weighted by molar-refractivity contribution is 6.19. The number of allylic oxidation sites excluding steroid dienone is 1. The molecule has 3 aromatic carbocycles. The predicted octanol–water partition coefficient (Wildman–Crippen LogP) is 7.29. The second-order valence-electron chi connectivity index (χ2n) is 9.22. The van der Waals surface area contributed by atoms with Crippen LogP contribution < -0.4 is 5.32 Å². The molecule has 2 N–H and O–H groups in total. The first-order valence-electron chi connectivity index (χ1n) is 12.1. The van der Waals surface area contributed by atoms with Crippen LogP contribution >= 0.6 is 11.6 Å². The molecule has 0 fully saturated rings. The summed E-state index contributed by atoms with van der Waals surface area (Å²) in [5.41, 5.74) is -1.07. The Labute approximate surface area is 234 Å². The molecule has 41 heavy (non-hydrogen) atoms. The van der Waals surface area contributed by atoms with Crippen LogP contribution in [0.2, 0.25) is 0 Å². The van der Waals surface area contributed by atoms with E-state index in [0.29, 0.717) is 16.9 Å². The number of H-pyrrole nitrogens is 1. The number of carbonyl (C=O) groups excluding carboxylic acids is 2. The van der Waals surface area contributed by atoms with E-state index in [0.717, 1.165) is 24.3 Å². The van der Waals surface area contributed by atoms with Gasteiger partial charge in [0.1, 0.15) is 23.1 Å². The molecule has 0 atom stereocenters. The van der Waals surface area contributed by atoms with Gasteiger partial charge in [0.25, 0.3) is 0 Å². The SMILES string of the molecule is Cc1nc2cc(-c3cccc4c(C(=O)c5cc(F)c(NC(=O)/C=C/CCl)c(F)c5)c[nH]c34)c(C(F)(F)F)cc2n1C. The van der Waals surface area contributed by atoms with E-state index in [9.17, 15) is 31.5 Å². The fourth-order valence-corrected chi connectivity index (χ4v) is 4.77. The highest BCUT2D eigenvalue weighted by Crippen LogP contribution is 2.42. The molecule has 5 aromatic rings. The summed E-state index contributed by atoms with van der Waals surface area (Å²) < 4.78 is 73.6. The lowest BCUT2D eigenvalue weighted by atomic mass is 9.95. The lowest BCUT2D eigenvalue weighted by Crippen LogP contribution is -2.12. The summed E-state index contributed by atoms with van der Waals surface area (Å²) in [6, 6.07) is 8.42. The Kier molecular flexibility index (Phi) is 7.16. The fourth-order valence-electron chi connectivity index (χ4n) is 4.68. The highest BCUT2D eigenvalue weighted by Gasteiger charge is 2.35. The minimum Gasteiger partial charge on any atom is -0.360 e. The molecular weight excluding hydrogens is 567 g/mol. The first-order valence-corrected chi connectivity index (χ1v) is 12.7. The van der Waals surface area contributed by atoms with Gasteiger partial charge in [-0.25, -0.2) is 13.8 Å². The van der Waals surface area contributed by atoms with Crippen molar-refractivity contribution in [1.29, 1.82) is 0 Å². The van der Waals surface area contributed by atoms with Gasteiger partial charge in [-0.1, -0.05) is 24.3 Å². The molecule has 2 aromatic heterocycles. The zero-order valence-corrected chi connectivity index (χ0v) is 22.2. The number of aromatic amines is 1. The molecule has 6 nitrogen and oxygen atoms in total. The van der Waals surface area contributed by atoms with E-state index in [4.69, 9.17) is 11.6 Å². The van der Waals surface area contributed by atoms with Gasteiger partial charge in [0.2, 0.25) is 5.91 Å². The van der Waals surface area contributed by atoms with E-state index in [1.165, 1.54) is 36.5 Å². The van der Waals surface area contributed by atoms with Crippen molar-refractivity contribution in [3.63, 3.8) is 0 Å². The first-order chi connectivity index (χ1) is 19.4. The second-order valence-corrected chi connectivity index (χ2v) is 9.53. The Morgan fingerprint density at radius 3 is 2.46 bits per heavy atom. The van der Waals surface area contributed by atoms with Crippen LogP contribution in [0.5, 0.6) is 0 Å². The van der Waals surface area contributed by atoms with Crippen molar-refractivity contribution in [3.8, 4) is 11.1 Å². The summed E-state index contributed by atoms with van der Waals surface area (Å²) in [5.74, 6) is -3.41. The summed E-state index contributed by atoms with van der Waals surface area (Å²) in [7, 11) is 1.62. The van der Waals surface area contributed by atoms with Gasteiger partial charge in [-0.15, -0.1) is 11.6 Å². The van der Waals surface area contributed by atoms with E-state index in [-0.39, 0.29) is 39.0 Å². The lowest BCUT2D eigenvalue weighted by Gasteiger charge is -2.14. The third kappa shape index (κ3) is 5.08. The van der Waals surface area contributed by atoms with Gasteiger partial charge in [-0.3, -0.25) is 9.59 Å². The van der Waals surface area contributed by atoms with Crippen molar-refractivity contribution in [2.75, 3.05) is 11.2 Å². The summed E-state index contributed by atoms with van der Waals surface area (Å²) in [5, 5.41) is 2.31. The van der Waals surface area contributed by atoms with Crippen molar-refractivity contribution in [1.82, 2.24) is 14.5 Å². The smallest absolute Gasteiger partial charge is 0.360 e. The lowest BCUT2D eigenvalue weighted by molar-refractivity contribution is -0.137. The molecule has 0 radical (unpaired) electrons.